The second-order valence-electron chi connectivity index (χ2n) is 6.38. The van der Waals surface area contributed by atoms with Crippen molar-refractivity contribution >= 4 is 29.0 Å². The average Bonchev–Trinajstić information content (AvgIpc) is 3.28. The highest BCUT2D eigenvalue weighted by Crippen LogP contribution is 2.43. The molecule has 2 heterocycles. The third kappa shape index (κ3) is 3.71. The molecule has 4 rings (SSSR count). The van der Waals surface area contributed by atoms with Crippen LogP contribution in [0.3, 0.4) is 0 Å². The number of nitrogens with zero attached hydrogens (tertiary/aromatic N) is 1. The van der Waals surface area contributed by atoms with Gasteiger partial charge in [0.05, 0.1) is 12.0 Å². The number of fused-ring (bicyclic) bond motifs is 1. The summed E-state index contributed by atoms with van der Waals surface area (Å²) in [7, 11) is 1.54. The van der Waals surface area contributed by atoms with Crippen LogP contribution in [0.2, 0.25) is 0 Å². The van der Waals surface area contributed by atoms with E-state index < -0.39 is 0 Å². The van der Waals surface area contributed by atoms with Crippen molar-refractivity contribution in [3.05, 3.63) is 58.5 Å². The average molecular weight is 397 g/mol. The maximum Gasteiger partial charge on any atom is 0.293 e. The van der Waals surface area contributed by atoms with Crippen LogP contribution in [-0.4, -0.2) is 36.5 Å². The molecule has 6 nitrogen and oxygen atoms in total. The highest BCUT2D eigenvalue weighted by molar-refractivity contribution is 8.18. The maximum atomic E-state index is 12.7. The van der Waals surface area contributed by atoms with E-state index in [2.05, 4.69) is 0 Å². The molecule has 2 amide bonds. The van der Waals surface area contributed by atoms with Crippen LogP contribution >= 0.6 is 11.8 Å². The largest absolute Gasteiger partial charge is 0.493 e. The lowest BCUT2D eigenvalue weighted by molar-refractivity contribution is -0.122. The van der Waals surface area contributed by atoms with Crippen LogP contribution in [-0.2, 0) is 11.2 Å². The number of benzene rings is 2. The zero-order valence-electron chi connectivity index (χ0n) is 15.3. The molecule has 0 saturated carbocycles. The van der Waals surface area contributed by atoms with Gasteiger partial charge in [0, 0.05) is 6.54 Å². The smallest absolute Gasteiger partial charge is 0.293 e. The number of carbonyl (C=O) groups is 2. The first-order valence-corrected chi connectivity index (χ1v) is 9.74. The quantitative estimate of drug-likeness (QED) is 0.684. The van der Waals surface area contributed by atoms with Crippen LogP contribution in [0.25, 0.3) is 6.08 Å². The fourth-order valence-electron chi connectivity index (χ4n) is 3.16. The number of thioether (sulfide) groups is 1. The Kier molecular flexibility index (Phi) is 5.25. The number of carbonyl (C=O) groups excluding carboxylic acids is 2. The monoisotopic (exact) mass is 397 g/mol. The summed E-state index contributed by atoms with van der Waals surface area (Å²) in [5, 5.41) is -0.239. The summed E-state index contributed by atoms with van der Waals surface area (Å²) >= 11 is 0.955. The number of hydrogen-bond acceptors (Lipinski definition) is 6. The van der Waals surface area contributed by atoms with Gasteiger partial charge < -0.3 is 14.2 Å². The van der Waals surface area contributed by atoms with Crippen molar-refractivity contribution in [2.45, 2.75) is 12.8 Å². The minimum atomic E-state index is -0.264. The van der Waals surface area contributed by atoms with Crippen molar-refractivity contribution in [2.24, 2.45) is 0 Å². The number of rotatable bonds is 6. The molecule has 7 heteroatoms. The molecule has 144 valence electrons. The molecule has 1 saturated heterocycles. The molecule has 0 bridgehead atoms. The summed E-state index contributed by atoms with van der Waals surface area (Å²) in [6, 6.07) is 13.6. The summed E-state index contributed by atoms with van der Waals surface area (Å²) < 4.78 is 16.1. The van der Waals surface area contributed by atoms with Gasteiger partial charge >= 0.3 is 0 Å². The Morgan fingerprint density at radius 2 is 2.00 bits per heavy atom. The summed E-state index contributed by atoms with van der Waals surface area (Å²) in [5.41, 5.74) is 1.91. The molecule has 1 fully saturated rings. The minimum Gasteiger partial charge on any atom is -0.493 e. The number of hydrogen-bond donors (Lipinski definition) is 0. The fraction of sp³-hybridized carbons (Fsp3) is 0.238. The topological polar surface area (TPSA) is 65.1 Å². The Hall–Kier alpha value is -2.93. The Morgan fingerprint density at radius 3 is 2.79 bits per heavy atom. The van der Waals surface area contributed by atoms with E-state index in [9.17, 15) is 9.59 Å². The first kappa shape index (κ1) is 18.4. The van der Waals surface area contributed by atoms with E-state index in [0.29, 0.717) is 28.7 Å². The van der Waals surface area contributed by atoms with Gasteiger partial charge in [0.15, 0.2) is 11.5 Å². The standard InChI is InChI=1S/C21H19NO5S/c1-25-16-10-15(11-17-19(16)27-13-26-17)12-18-20(23)22(21(24)28-18)9-5-8-14-6-3-2-4-7-14/h2-4,6-7,10-12H,5,8-9,13H2,1H3/b18-12+. The fourth-order valence-corrected chi connectivity index (χ4v) is 4.03. The number of amides is 2. The van der Waals surface area contributed by atoms with Crippen LogP contribution in [0.5, 0.6) is 17.2 Å². The van der Waals surface area contributed by atoms with E-state index in [1.807, 2.05) is 30.3 Å². The summed E-state index contributed by atoms with van der Waals surface area (Å²) in [4.78, 5) is 26.7. The van der Waals surface area contributed by atoms with E-state index in [1.165, 1.54) is 10.5 Å². The van der Waals surface area contributed by atoms with E-state index in [4.69, 9.17) is 14.2 Å². The molecule has 0 N–H and O–H groups in total. The summed E-state index contributed by atoms with van der Waals surface area (Å²) in [6.07, 6.45) is 3.24. The zero-order valence-corrected chi connectivity index (χ0v) is 16.2. The minimum absolute atomic E-state index is 0.132. The number of methoxy groups -OCH3 is 1. The molecule has 28 heavy (non-hydrogen) atoms. The van der Waals surface area contributed by atoms with Crippen molar-refractivity contribution in [3.8, 4) is 17.2 Å². The van der Waals surface area contributed by atoms with E-state index in [-0.39, 0.29) is 17.9 Å². The molecular formula is C21H19NO5S. The van der Waals surface area contributed by atoms with Crippen LogP contribution < -0.4 is 14.2 Å². The van der Waals surface area contributed by atoms with Gasteiger partial charge in [-0.05, 0) is 53.9 Å². The van der Waals surface area contributed by atoms with Crippen LogP contribution in [0.1, 0.15) is 17.5 Å². The predicted octanol–water partition coefficient (Wildman–Crippen LogP) is 4.09. The molecule has 2 aliphatic heterocycles. The molecule has 0 unspecified atom stereocenters. The highest BCUT2D eigenvalue weighted by Gasteiger charge is 2.34. The molecule has 0 atom stereocenters. The van der Waals surface area contributed by atoms with Crippen LogP contribution in [0.4, 0.5) is 4.79 Å². The van der Waals surface area contributed by atoms with Crippen LogP contribution in [0, 0.1) is 0 Å². The second-order valence-corrected chi connectivity index (χ2v) is 7.37. The van der Waals surface area contributed by atoms with Crippen molar-refractivity contribution < 1.29 is 23.8 Å². The Balaban J connectivity index is 1.46. The lowest BCUT2D eigenvalue weighted by atomic mass is 10.1. The Bertz CT molecular complexity index is 941. The third-order valence-corrected chi connectivity index (χ3v) is 5.45. The van der Waals surface area contributed by atoms with Crippen molar-refractivity contribution in [1.29, 1.82) is 0 Å². The second kappa shape index (κ2) is 7.98. The van der Waals surface area contributed by atoms with Gasteiger partial charge in [-0.25, -0.2) is 0 Å². The third-order valence-electron chi connectivity index (χ3n) is 4.54. The SMILES string of the molecule is COc1cc(/C=C2/SC(=O)N(CCCc3ccccc3)C2=O)cc2c1OCO2. The summed E-state index contributed by atoms with van der Waals surface area (Å²) in [5.74, 6) is 1.38. The van der Waals surface area contributed by atoms with Crippen molar-refractivity contribution in [2.75, 3.05) is 20.4 Å². The highest BCUT2D eigenvalue weighted by atomic mass is 32.2. The van der Waals surface area contributed by atoms with Gasteiger partial charge in [0.1, 0.15) is 0 Å². The van der Waals surface area contributed by atoms with Crippen molar-refractivity contribution in [3.63, 3.8) is 0 Å². The van der Waals surface area contributed by atoms with E-state index >= 15 is 0 Å². The number of ether oxygens (including phenoxy) is 3. The van der Waals surface area contributed by atoms with Gasteiger partial charge in [-0.3, -0.25) is 14.5 Å². The predicted molar refractivity (Wildman–Crippen MR) is 107 cm³/mol. The molecule has 0 spiro atoms. The first-order chi connectivity index (χ1) is 13.7. The number of imide groups is 1. The van der Waals surface area contributed by atoms with Crippen molar-refractivity contribution in [1.82, 2.24) is 4.90 Å². The molecule has 2 aromatic rings. The van der Waals surface area contributed by atoms with Crippen LogP contribution in [0.15, 0.2) is 47.4 Å². The molecule has 2 aliphatic rings. The van der Waals surface area contributed by atoms with Gasteiger partial charge in [0.25, 0.3) is 11.1 Å². The van der Waals surface area contributed by atoms with Gasteiger partial charge in [-0.1, -0.05) is 30.3 Å². The zero-order chi connectivity index (χ0) is 19.5. The van der Waals surface area contributed by atoms with Gasteiger partial charge in [-0.15, -0.1) is 0 Å². The molecule has 0 aliphatic carbocycles. The Morgan fingerprint density at radius 1 is 1.18 bits per heavy atom. The molecular weight excluding hydrogens is 378 g/mol. The van der Waals surface area contributed by atoms with Gasteiger partial charge in [0.2, 0.25) is 12.5 Å². The summed E-state index contributed by atoms with van der Waals surface area (Å²) in [6.45, 7) is 0.536. The first-order valence-electron chi connectivity index (χ1n) is 8.92. The maximum absolute atomic E-state index is 12.7. The van der Waals surface area contributed by atoms with Gasteiger partial charge in [-0.2, -0.15) is 0 Å². The molecule has 2 aromatic carbocycles. The number of aryl methyl sites for hydroxylation is 1. The van der Waals surface area contributed by atoms with E-state index in [0.717, 1.165) is 30.2 Å². The molecule has 0 aromatic heterocycles. The normalized spacial score (nSPS) is 16.9. The Labute approximate surface area is 167 Å². The lowest BCUT2D eigenvalue weighted by Gasteiger charge is -2.12. The lowest BCUT2D eigenvalue weighted by Crippen LogP contribution is -2.29. The molecule has 0 radical (unpaired) electrons. The van der Waals surface area contributed by atoms with E-state index in [1.54, 1.807) is 25.3 Å².